The summed E-state index contributed by atoms with van der Waals surface area (Å²) < 4.78 is 6.26. The molecule has 0 radical (unpaired) electrons. The topological polar surface area (TPSA) is 106 Å². The molecule has 0 bridgehead atoms. The molecule has 2 aromatic carbocycles. The Kier molecular flexibility index (Phi) is 8.20. The van der Waals surface area contributed by atoms with E-state index in [1.54, 1.807) is 51.1 Å². The summed E-state index contributed by atoms with van der Waals surface area (Å²) in [5, 5.41) is 5.35. The molecule has 182 valence electrons. The van der Waals surface area contributed by atoms with Gasteiger partial charge in [0.25, 0.3) is 17.4 Å². The lowest BCUT2D eigenvalue weighted by molar-refractivity contribution is -0.144. The quantitative estimate of drug-likeness (QED) is 0.486. The zero-order chi connectivity index (χ0) is 25.5. The molecule has 3 aromatic rings. The van der Waals surface area contributed by atoms with E-state index in [-0.39, 0.29) is 23.7 Å². The van der Waals surface area contributed by atoms with E-state index in [4.69, 9.17) is 4.74 Å². The molecular formula is C27H29N3O5. The summed E-state index contributed by atoms with van der Waals surface area (Å²) in [5.74, 6) is -1.82. The lowest BCUT2D eigenvalue weighted by Crippen LogP contribution is -2.45. The van der Waals surface area contributed by atoms with Crippen LogP contribution in [0.5, 0.6) is 0 Å². The van der Waals surface area contributed by atoms with Gasteiger partial charge in [0.2, 0.25) is 0 Å². The number of hydrogen-bond donors (Lipinski definition) is 2. The number of rotatable bonds is 8. The van der Waals surface area contributed by atoms with Gasteiger partial charge in [0.1, 0.15) is 11.7 Å². The van der Waals surface area contributed by atoms with Crippen LogP contribution in [0.3, 0.4) is 0 Å². The molecule has 1 heterocycles. The second-order valence-corrected chi connectivity index (χ2v) is 8.47. The Morgan fingerprint density at radius 3 is 2.11 bits per heavy atom. The molecule has 0 aliphatic heterocycles. The fourth-order valence-corrected chi connectivity index (χ4v) is 3.66. The van der Waals surface area contributed by atoms with Gasteiger partial charge in [0.05, 0.1) is 19.2 Å². The van der Waals surface area contributed by atoms with Gasteiger partial charge in [-0.2, -0.15) is 0 Å². The number of aromatic nitrogens is 1. The van der Waals surface area contributed by atoms with Crippen LogP contribution in [-0.4, -0.2) is 35.5 Å². The molecular weight excluding hydrogens is 446 g/mol. The minimum atomic E-state index is -0.872. The molecule has 0 saturated heterocycles. The van der Waals surface area contributed by atoms with Gasteiger partial charge in [-0.3, -0.25) is 14.4 Å². The van der Waals surface area contributed by atoms with Crippen molar-refractivity contribution in [3.05, 3.63) is 99.5 Å². The number of benzene rings is 2. The smallest absolute Gasteiger partial charge is 0.328 e. The van der Waals surface area contributed by atoms with Crippen LogP contribution in [0.25, 0.3) is 0 Å². The Morgan fingerprint density at radius 1 is 0.943 bits per heavy atom. The normalized spacial score (nSPS) is 11.6. The van der Waals surface area contributed by atoms with Crippen LogP contribution < -0.4 is 16.2 Å². The number of amides is 2. The van der Waals surface area contributed by atoms with Gasteiger partial charge in [-0.1, -0.05) is 62.4 Å². The Hall–Kier alpha value is -4.20. The molecule has 3 rings (SSSR count). The summed E-state index contributed by atoms with van der Waals surface area (Å²) in [5.41, 5.74) is 1.31. The Morgan fingerprint density at radius 2 is 1.54 bits per heavy atom. The highest BCUT2D eigenvalue weighted by Crippen LogP contribution is 2.16. The van der Waals surface area contributed by atoms with E-state index < -0.39 is 29.4 Å². The number of pyridine rings is 1. The van der Waals surface area contributed by atoms with E-state index in [1.165, 1.54) is 17.7 Å². The summed E-state index contributed by atoms with van der Waals surface area (Å²) in [4.78, 5) is 51.6. The maximum Gasteiger partial charge on any atom is 0.328 e. The summed E-state index contributed by atoms with van der Waals surface area (Å²) >= 11 is 0. The molecule has 0 saturated carbocycles. The van der Waals surface area contributed by atoms with Crippen LogP contribution in [0, 0.1) is 12.8 Å². The van der Waals surface area contributed by atoms with Gasteiger partial charge < -0.3 is 19.9 Å². The van der Waals surface area contributed by atoms with Crippen molar-refractivity contribution in [3.63, 3.8) is 0 Å². The third-order valence-corrected chi connectivity index (χ3v) is 5.68. The molecule has 8 heteroatoms. The fraction of sp³-hybridized carbons (Fsp3) is 0.259. The maximum absolute atomic E-state index is 13.4. The lowest BCUT2D eigenvalue weighted by atomic mass is 10.0. The minimum absolute atomic E-state index is 0.0373. The highest BCUT2D eigenvalue weighted by Gasteiger charge is 2.27. The van der Waals surface area contributed by atoms with Crippen molar-refractivity contribution in [2.24, 2.45) is 5.92 Å². The number of esters is 1. The zero-order valence-corrected chi connectivity index (χ0v) is 20.2. The molecule has 0 spiro atoms. The number of hydrogen-bond acceptors (Lipinski definition) is 5. The van der Waals surface area contributed by atoms with Crippen LogP contribution in [0.15, 0.2) is 71.5 Å². The first kappa shape index (κ1) is 25.4. The second-order valence-electron chi connectivity index (χ2n) is 8.47. The number of ether oxygens (including phenoxy) is 1. The summed E-state index contributed by atoms with van der Waals surface area (Å²) in [7, 11) is 1.26. The van der Waals surface area contributed by atoms with Gasteiger partial charge in [-0.05, 0) is 36.6 Å². The highest BCUT2D eigenvalue weighted by atomic mass is 16.5. The van der Waals surface area contributed by atoms with Crippen LogP contribution in [0.1, 0.15) is 45.8 Å². The lowest BCUT2D eigenvalue weighted by Gasteiger charge is -2.22. The number of methoxy groups -OCH3 is 1. The third-order valence-electron chi connectivity index (χ3n) is 5.68. The first-order chi connectivity index (χ1) is 16.7. The monoisotopic (exact) mass is 475 g/mol. The zero-order valence-electron chi connectivity index (χ0n) is 20.2. The fourth-order valence-electron chi connectivity index (χ4n) is 3.66. The Bertz CT molecular complexity index is 1270. The molecule has 1 atom stereocenters. The van der Waals surface area contributed by atoms with Gasteiger partial charge in [-0.25, -0.2) is 4.79 Å². The average molecular weight is 476 g/mol. The van der Waals surface area contributed by atoms with Crippen LogP contribution >= 0.6 is 0 Å². The SMILES string of the molecule is COC(=O)[C@@H](NC(=O)c1cc(NC(=O)c2ccccc2)c(=O)n(Cc2ccccc2)c1C)C(C)C. The molecule has 35 heavy (non-hydrogen) atoms. The number of nitrogens with zero attached hydrogens (tertiary/aromatic N) is 1. The van der Waals surface area contributed by atoms with Gasteiger partial charge in [0, 0.05) is 11.3 Å². The summed E-state index contributed by atoms with van der Waals surface area (Å²) in [6.07, 6.45) is 0. The largest absolute Gasteiger partial charge is 0.467 e. The van der Waals surface area contributed by atoms with Crippen LogP contribution in [0.2, 0.25) is 0 Å². The van der Waals surface area contributed by atoms with E-state index in [0.29, 0.717) is 11.3 Å². The molecule has 0 unspecified atom stereocenters. The molecule has 0 fully saturated rings. The Labute approximate surface area is 203 Å². The van der Waals surface area contributed by atoms with Crippen molar-refractivity contribution >= 4 is 23.5 Å². The van der Waals surface area contributed by atoms with Crippen molar-refractivity contribution < 1.29 is 19.1 Å². The summed E-state index contributed by atoms with van der Waals surface area (Å²) in [6.45, 7) is 5.43. The highest BCUT2D eigenvalue weighted by molar-refractivity contribution is 6.05. The molecule has 1 aromatic heterocycles. The number of carbonyl (C=O) groups is 3. The average Bonchev–Trinajstić information content (AvgIpc) is 2.87. The number of anilines is 1. The van der Waals surface area contributed by atoms with Crippen LogP contribution in [-0.2, 0) is 16.1 Å². The van der Waals surface area contributed by atoms with E-state index in [2.05, 4.69) is 10.6 Å². The first-order valence-corrected chi connectivity index (χ1v) is 11.3. The first-order valence-electron chi connectivity index (χ1n) is 11.3. The number of carbonyl (C=O) groups excluding carboxylic acids is 3. The maximum atomic E-state index is 13.4. The van der Waals surface area contributed by atoms with Gasteiger partial charge in [-0.15, -0.1) is 0 Å². The predicted molar refractivity (Wildman–Crippen MR) is 133 cm³/mol. The van der Waals surface area contributed by atoms with Crippen molar-refractivity contribution in [2.45, 2.75) is 33.4 Å². The molecule has 8 nitrogen and oxygen atoms in total. The third kappa shape index (κ3) is 6.03. The van der Waals surface area contributed by atoms with Crippen molar-refractivity contribution in [1.82, 2.24) is 9.88 Å². The van der Waals surface area contributed by atoms with Gasteiger partial charge in [0.15, 0.2) is 0 Å². The standard InChI is InChI=1S/C27H29N3O5/c1-17(2)23(27(34)35-4)29-25(32)21-15-22(28-24(31)20-13-9-6-10-14-20)26(33)30(18(21)3)16-19-11-7-5-8-12-19/h5-15,17,23H,16H2,1-4H3,(H,28,31)(H,29,32)/t23-/m0/s1. The summed E-state index contributed by atoms with van der Waals surface area (Å²) in [6, 6.07) is 18.3. The van der Waals surface area contributed by atoms with E-state index in [0.717, 1.165) is 5.56 Å². The van der Waals surface area contributed by atoms with Crippen molar-refractivity contribution in [3.8, 4) is 0 Å². The molecule has 2 N–H and O–H groups in total. The van der Waals surface area contributed by atoms with E-state index in [1.807, 2.05) is 30.3 Å². The van der Waals surface area contributed by atoms with Crippen molar-refractivity contribution in [2.75, 3.05) is 12.4 Å². The predicted octanol–water partition coefficient (Wildman–Crippen LogP) is 3.38. The van der Waals surface area contributed by atoms with Crippen molar-refractivity contribution in [1.29, 1.82) is 0 Å². The number of nitrogens with one attached hydrogen (secondary N) is 2. The van der Waals surface area contributed by atoms with Gasteiger partial charge >= 0.3 is 5.97 Å². The van der Waals surface area contributed by atoms with Crippen LogP contribution in [0.4, 0.5) is 5.69 Å². The Balaban J connectivity index is 2.06. The second kappa shape index (κ2) is 11.3. The minimum Gasteiger partial charge on any atom is -0.467 e. The molecule has 2 amide bonds. The molecule has 0 aliphatic carbocycles. The molecule has 0 aliphatic rings. The van der Waals surface area contributed by atoms with E-state index in [9.17, 15) is 19.2 Å². The van der Waals surface area contributed by atoms with E-state index >= 15 is 0 Å².